The van der Waals surface area contributed by atoms with Crippen LogP contribution in [0.5, 0.6) is 0 Å². The normalized spacial score (nSPS) is 20.1. The van der Waals surface area contributed by atoms with Crippen LogP contribution in [0.4, 0.5) is 5.95 Å². The second kappa shape index (κ2) is 5.61. The van der Waals surface area contributed by atoms with E-state index in [-0.39, 0.29) is 12.0 Å². The Kier molecular flexibility index (Phi) is 4.14. The quantitative estimate of drug-likeness (QED) is 0.601. The van der Waals surface area contributed by atoms with Crippen LogP contribution in [0.15, 0.2) is 12.4 Å². The first kappa shape index (κ1) is 12.5. The van der Waals surface area contributed by atoms with Crippen LogP contribution < -0.4 is 4.90 Å². The molecule has 1 aliphatic heterocycles. The second-order valence-electron chi connectivity index (χ2n) is 3.93. The monoisotopic (exact) mass is 347 g/mol. The van der Waals surface area contributed by atoms with Crippen LogP contribution in [0.3, 0.4) is 0 Å². The molecule has 0 amide bonds. The van der Waals surface area contributed by atoms with Crippen molar-refractivity contribution in [3.63, 3.8) is 0 Å². The molecule has 0 bridgehead atoms. The number of piperidine rings is 1. The minimum absolute atomic E-state index is 0.202. The molecule has 1 saturated heterocycles. The van der Waals surface area contributed by atoms with Crippen LogP contribution in [-0.2, 0) is 9.53 Å². The number of rotatable bonds is 2. The van der Waals surface area contributed by atoms with Crippen LogP contribution >= 0.6 is 22.6 Å². The minimum atomic E-state index is -0.242. The van der Waals surface area contributed by atoms with E-state index in [1.807, 2.05) is 4.90 Å². The van der Waals surface area contributed by atoms with Crippen molar-refractivity contribution in [3.8, 4) is 0 Å². The highest BCUT2D eigenvalue weighted by Crippen LogP contribution is 2.22. The van der Waals surface area contributed by atoms with Gasteiger partial charge in [0.1, 0.15) is 6.04 Å². The molecule has 1 aliphatic rings. The van der Waals surface area contributed by atoms with Gasteiger partial charge in [-0.3, -0.25) is 0 Å². The zero-order chi connectivity index (χ0) is 12.3. The highest BCUT2D eigenvalue weighted by Gasteiger charge is 2.30. The first-order valence-corrected chi connectivity index (χ1v) is 6.62. The van der Waals surface area contributed by atoms with Gasteiger partial charge in [0, 0.05) is 22.5 Å². The molecule has 1 fully saturated rings. The molecule has 17 heavy (non-hydrogen) atoms. The fraction of sp³-hybridized carbons (Fsp3) is 0.545. The number of carbonyl (C=O) groups excluding carboxylic acids is 1. The molecule has 6 heteroatoms. The van der Waals surface area contributed by atoms with Gasteiger partial charge in [-0.15, -0.1) is 0 Å². The third-order valence-electron chi connectivity index (χ3n) is 2.84. The van der Waals surface area contributed by atoms with Gasteiger partial charge < -0.3 is 9.64 Å². The average molecular weight is 347 g/mol. The van der Waals surface area contributed by atoms with Gasteiger partial charge in [0.15, 0.2) is 0 Å². The first-order valence-electron chi connectivity index (χ1n) is 5.54. The van der Waals surface area contributed by atoms with Crippen molar-refractivity contribution < 1.29 is 9.53 Å². The molecule has 5 nitrogen and oxygen atoms in total. The zero-order valence-electron chi connectivity index (χ0n) is 9.60. The summed E-state index contributed by atoms with van der Waals surface area (Å²) in [6.45, 7) is 0.806. The Bertz CT molecular complexity index is 396. The maximum Gasteiger partial charge on any atom is 0.328 e. The Morgan fingerprint density at radius 2 is 2.18 bits per heavy atom. The van der Waals surface area contributed by atoms with Gasteiger partial charge in [-0.25, -0.2) is 14.8 Å². The van der Waals surface area contributed by atoms with Crippen LogP contribution in [0.1, 0.15) is 19.3 Å². The molecular weight excluding hydrogens is 333 g/mol. The van der Waals surface area contributed by atoms with Gasteiger partial charge in [-0.05, 0) is 41.9 Å². The SMILES string of the molecule is COC(=O)C1CCCCN1c1ncc(I)cn1. The fourth-order valence-corrected chi connectivity index (χ4v) is 2.28. The highest BCUT2D eigenvalue weighted by atomic mass is 127. The number of aromatic nitrogens is 2. The van der Waals surface area contributed by atoms with Crippen molar-refractivity contribution >= 4 is 34.5 Å². The summed E-state index contributed by atoms with van der Waals surface area (Å²) in [5.74, 6) is 0.410. The van der Waals surface area contributed by atoms with Crippen LogP contribution in [0.25, 0.3) is 0 Å². The summed E-state index contributed by atoms with van der Waals surface area (Å²) in [7, 11) is 1.42. The van der Waals surface area contributed by atoms with E-state index in [4.69, 9.17) is 4.74 Å². The maximum atomic E-state index is 11.7. The van der Waals surface area contributed by atoms with E-state index in [1.54, 1.807) is 12.4 Å². The van der Waals surface area contributed by atoms with E-state index >= 15 is 0 Å². The summed E-state index contributed by atoms with van der Waals surface area (Å²) in [5.41, 5.74) is 0. The van der Waals surface area contributed by atoms with Gasteiger partial charge >= 0.3 is 5.97 Å². The van der Waals surface area contributed by atoms with E-state index in [9.17, 15) is 4.79 Å². The number of hydrogen-bond donors (Lipinski definition) is 0. The Morgan fingerprint density at radius 3 is 2.82 bits per heavy atom. The molecule has 1 aromatic heterocycles. The molecule has 2 heterocycles. The zero-order valence-corrected chi connectivity index (χ0v) is 11.8. The lowest BCUT2D eigenvalue weighted by atomic mass is 10.0. The molecular formula is C11H14IN3O2. The van der Waals surface area contributed by atoms with Gasteiger partial charge in [-0.2, -0.15) is 0 Å². The summed E-state index contributed by atoms with van der Waals surface area (Å²) >= 11 is 2.16. The lowest BCUT2D eigenvalue weighted by Crippen LogP contribution is -2.46. The Balaban J connectivity index is 2.21. The van der Waals surface area contributed by atoms with Gasteiger partial charge in [0.05, 0.1) is 7.11 Å². The summed E-state index contributed by atoms with van der Waals surface area (Å²) in [4.78, 5) is 22.2. The van der Waals surface area contributed by atoms with E-state index < -0.39 is 0 Å². The lowest BCUT2D eigenvalue weighted by Gasteiger charge is -2.33. The number of esters is 1. The van der Waals surface area contributed by atoms with Crippen molar-refractivity contribution in [2.24, 2.45) is 0 Å². The van der Waals surface area contributed by atoms with E-state index in [0.717, 1.165) is 29.4 Å². The Morgan fingerprint density at radius 1 is 1.47 bits per heavy atom. The predicted octanol–water partition coefficient (Wildman–Crippen LogP) is 1.61. The van der Waals surface area contributed by atoms with Crippen LogP contribution in [0, 0.1) is 3.57 Å². The lowest BCUT2D eigenvalue weighted by molar-refractivity contribution is -0.142. The standard InChI is InChI=1S/C11H14IN3O2/c1-17-10(16)9-4-2-3-5-15(9)11-13-6-8(12)7-14-11/h6-7,9H,2-5H2,1H3. The van der Waals surface area contributed by atoms with Gasteiger partial charge in [0.25, 0.3) is 0 Å². The molecule has 0 spiro atoms. The molecule has 0 aliphatic carbocycles. The topological polar surface area (TPSA) is 55.3 Å². The predicted molar refractivity (Wildman–Crippen MR) is 71.8 cm³/mol. The van der Waals surface area contributed by atoms with E-state index in [2.05, 4.69) is 32.6 Å². The maximum absolute atomic E-state index is 11.7. The first-order chi connectivity index (χ1) is 8.22. The largest absolute Gasteiger partial charge is 0.467 e. The van der Waals surface area contributed by atoms with Crippen LogP contribution in [-0.4, -0.2) is 35.6 Å². The summed E-state index contributed by atoms with van der Waals surface area (Å²) < 4.78 is 5.81. The second-order valence-corrected chi connectivity index (χ2v) is 5.18. The number of ether oxygens (including phenoxy) is 1. The molecule has 0 saturated carbocycles. The third kappa shape index (κ3) is 2.85. The minimum Gasteiger partial charge on any atom is -0.467 e. The summed E-state index contributed by atoms with van der Waals surface area (Å²) in [6.07, 6.45) is 6.42. The summed E-state index contributed by atoms with van der Waals surface area (Å²) in [6, 6.07) is -0.242. The molecule has 1 atom stereocenters. The van der Waals surface area contributed by atoms with E-state index in [1.165, 1.54) is 7.11 Å². The van der Waals surface area contributed by atoms with Crippen molar-refractivity contribution in [3.05, 3.63) is 16.0 Å². The molecule has 92 valence electrons. The average Bonchev–Trinajstić information content (AvgIpc) is 2.39. The van der Waals surface area contributed by atoms with Crippen molar-refractivity contribution in [1.29, 1.82) is 0 Å². The number of halogens is 1. The molecule has 0 radical (unpaired) electrons. The number of carbonyl (C=O) groups is 1. The molecule has 0 N–H and O–H groups in total. The summed E-state index contributed by atoms with van der Waals surface area (Å²) in [5, 5.41) is 0. The van der Waals surface area contributed by atoms with Gasteiger partial charge in [-0.1, -0.05) is 0 Å². The Labute approximate surface area is 114 Å². The number of methoxy groups -OCH3 is 1. The highest BCUT2D eigenvalue weighted by molar-refractivity contribution is 14.1. The molecule has 1 aromatic rings. The van der Waals surface area contributed by atoms with Crippen molar-refractivity contribution in [2.45, 2.75) is 25.3 Å². The smallest absolute Gasteiger partial charge is 0.328 e. The third-order valence-corrected chi connectivity index (χ3v) is 3.40. The van der Waals surface area contributed by atoms with Crippen molar-refractivity contribution in [1.82, 2.24) is 9.97 Å². The number of anilines is 1. The number of nitrogens with zero attached hydrogens (tertiary/aromatic N) is 3. The molecule has 1 unspecified atom stereocenters. The molecule has 0 aromatic carbocycles. The fourth-order valence-electron chi connectivity index (χ4n) is 2.01. The Hall–Kier alpha value is -0.920. The van der Waals surface area contributed by atoms with E-state index in [0.29, 0.717) is 5.95 Å². The molecule has 2 rings (SSSR count). The number of hydrogen-bond acceptors (Lipinski definition) is 5. The van der Waals surface area contributed by atoms with Crippen molar-refractivity contribution in [2.75, 3.05) is 18.6 Å². The van der Waals surface area contributed by atoms with Gasteiger partial charge in [0.2, 0.25) is 5.95 Å². The van der Waals surface area contributed by atoms with Crippen LogP contribution in [0.2, 0.25) is 0 Å².